The average molecular weight is 357 g/mol. The smallest absolute Gasteiger partial charge is 0.227 e. The topological polar surface area (TPSA) is 29.9 Å². The summed E-state index contributed by atoms with van der Waals surface area (Å²) in [7, 11) is 2.09. The number of benzene rings is 1. The van der Waals surface area contributed by atoms with Crippen LogP contribution >= 0.6 is 0 Å². The number of fused-ring (bicyclic) bond motifs is 3. The zero-order valence-corrected chi connectivity index (χ0v) is 16.2. The number of pyridine rings is 2. The standard InChI is InChI=1S/C24H25N2O/c1-15-12-13-26(3)21(14-15)22-16(2)8-9-18-19-10-11-20(17-6-4-5-7-17)25-24(19)27-23(18)22/h8-14,17H,4-7H2,1-3H3/q+1. The number of rotatable bonds is 2. The third kappa shape index (κ3) is 2.64. The Bertz CT molecular complexity index is 1170. The molecular weight excluding hydrogens is 332 g/mol. The minimum absolute atomic E-state index is 0.596. The first kappa shape index (κ1) is 16.5. The summed E-state index contributed by atoms with van der Waals surface area (Å²) in [6, 6.07) is 13.1. The zero-order valence-electron chi connectivity index (χ0n) is 16.2. The van der Waals surface area contributed by atoms with Crippen LogP contribution in [0.25, 0.3) is 33.3 Å². The van der Waals surface area contributed by atoms with E-state index in [1.807, 2.05) is 0 Å². The Morgan fingerprint density at radius 2 is 1.78 bits per heavy atom. The van der Waals surface area contributed by atoms with Gasteiger partial charge in [-0.3, -0.25) is 0 Å². The molecule has 0 radical (unpaired) electrons. The molecule has 1 fully saturated rings. The number of nitrogens with zero attached hydrogens (tertiary/aromatic N) is 2. The van der Waals surface area contributed by atoms with E-state index in [0.717, 1.165) is 22.1 Å². The highest BCUT2D eigenvalue weighted by Crippen LogP contribution is 2.38. The fourth-order valence-corrected chi connectivity index (χ4v) is 4.52. The van der Waals surface area contributed by atoms with Crippen molar-refractivity contribution in [3.63, 3.8) is 0 Å². The molecule has 3 heteroatoms. The maximum atomic E-state index is 6.39. The third-order valence-electron chi connectivity index (χ3n) is 6.07. The second-order valence-corrected chi connectivity index (χ2v) is 8.01. The first-order valence-electron chi connectivity index (χ1n) is 9.91. The Morgan fingerprint density at radius 1 is 1.00 bits per heavy atom. The molecule has 5 rings (SSSR count). The maximum absolute atomic E-state index is 6.39. The Labute approximate surface area is 159 Å². The predicted octanol–water partition coefficient (Wildman–Crippen LogP) is 5.75. The molecule has 1 aromatic carbocycles. The number of furan rings is 1. The number of aromatic nitrogens is 2. The summed E-state index contributed by atoms with van der Waals surface area (Å²) in [5.74, 6) is 0.596. The lowest BCUT2D eigenvalue weighted by atomic mass is 9.99. The van der Waals surface area contributed by atoms with Gasteiger partial charge in [-0.2, -0.15) is 0 Å². The molecule has 0 unspecified atom stereocenters. The highest BCUT2D eigenvalue weighted by molar-refractivity contribution is 6.08. The van der Waals surface area contributed by atoms with Crippen molar-refractivity contribution in [1.29, 1.82) is 0 Å². The molecule has 27 heavy (non-hydrogen) atoms. The van der Waals surface area contributed by atoms with Gasteiger partial charge in [0.1, 0.15) is 7.05 Å². The van der Waals surface area contributed by atoms with Gasteiger partial charge in [0, 0.05) is 34.5 Å². The molecule has 0 spiro atoms. The molecule has 1 aliphatic rings. The van der Waals surface area contributed by atoms with Gasteiger partial charge in [0.2, 0.25) is 11.4 Å². The summed E-state index contributed by atoms with van der Waals surface area (Å²) in [4.78, 5) is 4.93. The van der Waals surface area contributed by atoms with Crippen molar-refractivity contribution in [2.24, 2.45) is 7.05 Å². The molecule has 0 N–H and O–H groups in total. The van der Waals surface area contributed by atoms with Crippen molar-refractivity contribution in [2.75, 3.05) is 0 Å². The van der Waals surface area contributed by atoms with E-state index in [0.29, 0.717) is 5.92 Å². The second-order valence-electron chi connectivity index (χ2n) is 8.01. The summed E-state index contributed by atoms with van der Waals surface area (Å²) in [5, 5.41) is 2.26. The van der Waals surface area contributed by atoms with Crippen molar-refractivity contribution in [1.82, 2.24) is 4.98 Å². The van der Waals surface area contributed by atoms with Gasteiger partial charge in [0.05, 0.1) is 5.56 Å². The van der Waals surface area contributed by atoms with E-state index in [9.17, 15) is 0 Å². The lowest BCUT2D eigenvalue weighted by Gasteiger charge is -2.06. The van der Waals surface area contributed by atoms with Crippen molar-refractivity contribution >= 4 is 22.1 Å². The van der Waals surface area contributed by atoms with Crippen LogP contribution in [0.15, 0.2) is 47.0 Å². The minimum atomic E-state index is 0.596. The third-order valence-corrected chi connectivity index (χ3v) is 6.07. The van der Waals surface area contributed by atoms with Gasteiger partial charge < -0.3 is 4.42 Å². The maximum Gasteiger partial charge on any atom is 0.227 e. The Kier molecular flexibility index (Phi) is 3.78. The Balaban J connectivity index is 1.77. The predicted molar refractivity (Wildman–Crippen MR) is 109 cm³/mol. The highest BCUT2D eigenvalue weighted by atomic mass is 16.3. The van der Waals surface area contributed by atoms with Gasteiger partial charge in [0.25, 0.3) is 0 Å². The van der Waals surface area contributed by atoms with E-state index >= 15 is 0 Å². The van der Waals surface area contributed by atoms with Crippen LogP contribution < -0.4 is 4.57 Å². The molecule has 0 amide bonds. The van der Waals surface area contributed by atoms with Crippen LogP contribution in [0, 0.1) is 13.8 Å². The van der Waals surface area contributed by atoms with Crippen LogP contribution in [0.4, 0.5) is 0 Å². The molecule has 1 aliphatic carbocycles. The summed E-state index contributed by atoms with van der Waals surface area (Å²) in [6.45, 7) is 4.29. The van der Waals surface area contributed by atoms with E-state index in [2.05, 4.69) is 68.1 Å². The lowest BCUT2D eigenvalue weighted by molar-refractivity contribution is -0.660. The largest absolute Gasteiger partial charge is 0.437 e. The monoisotopic (exact) mass is 357 g/mol. The molecule has 0 atom stereocenters. The molecule has 3 heterocycles. The van der Waals surface area contributed by atoms with Crippen LogP contribution in [0.2, 0.25) is 0 Å². The number of hydrogen-bond donors (Lipinski definition) is 0. The molecule has 0 bridgehead atoms. The summed E-state index contributed by atoms with van der Waals surface area (Å²) in [5.41, 5.74) is 7.72. The van der Waals surface area contributed by atoms with Gasteiger partial charge in [-0.15, -0.1) is 0 Å². The SMILES string of the molecule is Cc1cc[n+](C)c(-c2c(C)ccc3c2oc2nc(C4CCCC4)ccc23)c1. The average Bonchev–Trinajstić information content (AvgIpc) is 3.31. The van der Waals surface area contributed by atoms with E-state index in [1.165, 1.54) is 53.8 Å². The van der Waals surface area contributed by atoms with Crippen LogP contribution in [0.5, 0.6) is 0 Å². The first-order valence-corrected chi connectivity index (χ1v) is 9.91. The molecule has 3 nitrogen and oxygen atoms in total. The zero-order chi connectivity index (χ0) is 18.5. The number of hydrogen-bond acceptors (Lipinski definition) is 2. The van der Waals surface area contributed by atoms with Crippen LogP contribution in [0.3, 0.4) is 0 Å². The van der Waals surface area contributed by atoms with Gasteiger partial charge >= 0.3 is 0 Å². The van der Waals surface area contributed by atoms with Gasteiger partial charge in [-0.05, 0) is 49.9 Å². The van der Waals surface area contributed by atoms with Crippen molar-refractivity contribution in [2.45, 2.75) is 45.4 Å². The fourth-order valence-electron chi connectivity index (χ4n) is 4.52. The fraction of sp³-hybridized carbons (Fsp3) is 0.333. The van der Waals surface area contributed by atoms with E-state index in [1.54, 1.807) is 0 Å². The quantitative estimate of drug-likeness (QED) is 0.428. The van der Waals surface area contributed by atoms with Crippen LogP contribution in [-0.4, -0.2) is 4.98 Å². The first-order chi connectivity index (χ1) is 13.1. The molecule has 3 aromatic heterocycles. The Hall–Kier alpha value is -2.68. The molecule has 0 saturated heterocycles. The van der Waals surface area contributed by atoms with E-state index in [4.69, 9.17) is 9.40 Å². The van der Waals surface area contributed by atoms with Gasteiger partial charge in [-0.25, -0.2) is 9.55 Å². The van der Waals surface area contributed by atoms with Crippen LogP contribution in [-0.2, 0) is 7.05 Å². The molecule has 1 saturated carbocycles. The second kappa shape index (κ2) is 6.19. The highest BCUT2D eigenvalue weighted by Gasteiger charge is 2.23. The van der Waals surface area contributed by atoms with E-state index in [-0.39, 0.29) is 0 Å². The number of aryl methyl sites for hydroxylation is 3. The molecule has 4 aromatic rings. The van der Waals surface area contributed by atoms with Crippen molar-refractivity contribution in [3.05, 3.63) is 59.4 Å². The lowest BCUT2D eigenvalue weighted by Crippen LogP contribution is -2.30. The Morgan fingerprint density at radius 3 is 2.59 bits per heavy atom. The van der Waals surface area contributed by atoms with Crippen molar-refractivity contribution in [3.8, 4) is 11.3 Å². The van der Waals surface area contributed by atoms with Crippen LogP contribution in [0.1, 0.15) is 48.4 Å². The summed E-state index contributed by atoms with van der Waals surface area (Å²) < 4.78 is 8.56. The molecular formula is C24H25N2O+. The van der Waals surface area contributed by atoms with Gasteiger partial charge in [-0.1, -0.05) is 25.0 Å². The van der Waals surface area contributed by atoms with E-state index < -0.39 is 0 Å². The molecule has 136 valence electrons. The summed E-state index contributed by atoms with van der Waals surface area (Å²) in [6.07, 6.45) is 7.25. The summed E-state index contributed by atoms with van der Waals surface area (Å²) >= 11 is 0. The minimum Gasteiger partial charge on any atom is -0.437 e. The van der Waals surface area contributed by atoms with Gasteiger partial charge in [0.15, 0.2) is 11.8 Å². The normalized spacial score (nSPS) is 15.2. The van der Waals surface area contributed by atoms with Crippen molar-refractivity contribution < 1.29 is 8.98 Å². The molecule has 0 aliphatic heterocycles.